The second-order valence-electron chi connectivity index (χ2n) is 8.91. The second-order valence-corrected chi connectivity index (χ2v) is 8.91. The number of benzene rings is 1. The molecule has 3 rings (SSSR count). The van der Waals surface area contributed by atoms with E-state index in [4.69, 9.17) is 9.97 Å². The molecule has 1 aliphatic rings. The molecule has 0 spiro atoms. The summed E-state index contributed by atoms with van der Waals surface area (Å²) in [6, 6.07) is 8.66. The Morgan fingerprint density at radius 1 is 1.07 bits per heavy atom. The molecule has 1 fully saturated rings. The van der Waals surface area contributed by atoms with Crippen molar-refractivity contribution in [3.05, 3.63) is 52.5 Å². The fourth-order valence-electron chi connectivity index (χ4n) is 4.00. The maximum absolute atomic E-state index is 12.4. The zero-order valence-electron chi connectivity index (χ0n) is 19.4. The first-order valence-corrected chi connectivity index (χ1v) is 11.3. The van der Waals surface area contributed by atoms with Gasteiger partial charge in [0.15, 0.2) is 0 Å². The maximum Gasteiger partial charge on any atom is 0.225 e. The second kappa shape index (κ2) is 9.59. The lowest BCUT2D eigenvalue weighted by Crippen LogP contribution is -2.50. The highest BCUT2D eigenvalue weighted by Gasteiger charge is 2.26. The third-order valence-corrected chi connectivity index (χ3v) is 6.11. The van der Waals surface area contributed by atoms with Gasteiger partial charge in [-0.15, -0.1) is 0 Å². The van der Waals surface area contributed by atoms with Crippen molar-refractivity contribution in [1.82, 2.24) is 14.9 Å². The van der Waals surface area contributed by atoms with Crippen molar-refractivity contribution in [1.29, 1.82) is 0 Å². The number of hydrogen-bond acceptors (Lipinski definition) is 4. The van der Waals surface area contributed by atoms with Crippen molar-refractivity contribution in [2.24, 2.45) is 5.92 Å². The van der Waals surface area contributed by atoms with Crippen LogP contribution in [0.2, 0.25) is 0 Å². The van der Waals surface area contributed by atoms with Crippen molar-refractivity contribution in [2.75, 3.05) is 31.1 Å². The van der Waals surface area contributed by atoms with Gasteiger partial charge >= 0.3 is 0 Å². The monoisotopic (exact) mass is 408 g/mol. The largest absolute Gasteiger partial charge is 0.353 e. The quantitative estimate of drug-likeness (QED) is 0.706. The summed E-state index contributed by atoms with van der Waals surface area (Å²) in [7, 11) is 0. The summed E-state index contributed by atoms with van der Waals surface area (Å²) in [5.41, 5.74) is 4.83. The van der Waals surface area contributed by atoms with Gasteiger partial charge in [0, 0.05) is 55.7 Å². The number of rotatable bonds is 6. The molecule has 1 aliphatic heterocycles. The van der Waals surface area contributed by atoms with Gasteiger partial charge in [-0.25, -0.2) is 9.97 Å². The van der Waals surface area contributed by atoms with Crippen LogP contribution < -0.4 is 4.90 Å². The molecule has 1 atom stereocenters. The van der Waals surface area contributed by atoms with E-state index >= 15 is 0 Å². The molecular weight excluding hydrogens is 372 g/mol. The predicted octanol–water partition coefficient (Wildman–Crippen LogP) is 4.50. The Balaban J connectivity index is 1.92. The van der Waals surface area contributed by atoms with E-state index in [-0.39, 0.29) is 11.8 Å². The lowest BCUT2D eigenvalue weighted by atomic mass is 10.0. The number of piperazine rings is 1. The van der Waals surface area contributed by atoms with Crippen molar-refractivity contribution in [3.8, 4) is 0 Å². The molecule has 0 bridgehead atoms. The molecule has 5 heteroatoms. The smallest absolute Gasteiger partial charge is 0.225 e. The van der Waals surface area contributed by atoms with E-state index in [1.54, 1.807) is 0 Å². The van der Waals surface area contributed by atoms with Crippen LogP contribution in [-0.4, -0.2) is 47.0 Å². The van der Waals surface area contributed by atoms with Crippen LogP contribution in [-0.2, 0) is 11.2 Å². The lowest BCUT2D eigenvalue weighted by molar-refractivity contribution is -0.134. The standard InChI is InChI=1S/C25H36N4O/c1-7-19(5)23-26-20(6)22(16-21-10-8-9-18(4)15-21)24(27-23)28-11-13-29(14-12-28)25(30)17(2)3/h8-10,15,17,19H,7,11-14,16H2,1-6H3. The molecule has 30 heavy (non-hydrogen) atoms. The zero-order chi connectivity index (χ0) is 21.8. The molecule has 2 heterocycles. The van der Waals surface area contributed by atoms with Crippen molar-refractivity contribution < 1.29 is 4.79 Å². The number of hydrogen-bond donors (Lipinski definition) is 0. The number of anilines is 1. The summed E-state index contributed by atoms with van der Waals surface area (Å²) in [5.74, 6) is 2.61. The van der Waals surface area contributed by atoms with Crippen LogP contribution in [0.3, 0.4) is 0 Å². The normalized spacial score (nSPS) is 15.6. The Labute approximate surface area is 181 Å². The van der Waals surface area contributed by atoms with E-state index in [2.05, 4.69) is 56.9 Å². The fourth-order valence-corrected chi connectivity index (χ4v) is 4.00. The SMILES string of the molecule is CCC(C)c1nc(C)c(Cc2cccc(C)c2)c(N2CCN(C(=O)C(C)C)CC2)n1. The van der Waals surface area contributed by atoms with Crippen LogP contribution in [0.15, 0.2) is 24.3 Å². The van der Waals surface area contributed by atoms with Crippen LogP contribution in [0.5, 0.6) is 0 Å². The van der Waals surface area contributed by atoms with E-state index < -0.39 is 0 Å². The summed E-state index contributed by atoms with van der Waals surface area (Å²) >= 11 is 0. The van der Waals surface area contributed by atoms with Gasteiger partial charge in [0.2, 0.25) is 5.91 Å². The van der Waals surface area contributed by atoms with Gasteiger partial charge < -0.3 is 9.80 Å². The van der Waals surface area contributed by atoms with Crippen molar-refractivity contribution in [2.45, 2.75) is 60.3 Å². The van der Waals surface area contributed by atoms with Crippen LogP contribution >= 0.6 is 0 Å². The van der Waals surface area contributed by atoms with E-state index in [0.29, 0.717) is 5.92 Å². The van der Waals surface area contributed by atoms with Gasteiger partial charge in [-0.05, 0) is 25.8 Å². The van der Waals surface area contributed by atoms with Gasteiger partial charge in [0.25, 0.3) is 0 Å². The molecule has 1 aromatic heterocycles. The van der Waals surface area contributed by atoms with Gasteiger partial charge in [0.05, 0.1) is 0 Å². The number of carbonyl (C=O) groups excluding carboxylic acids is 1. The number of carbonyl (C=O) groups is 1. The first-order valence-electron chi connectivity index (χ1n) is 11.3. The number of aryl methyl sites for hydroxylation is 2. The Morgan fingerprint density at radius 2 is 1.77 bits per heavy atom. The van der Waals surface area contributed by atoms with Crippen molar-refractivity contribution >= 4 is 11.7 Å². The number of nitrogens with zero attached hydrogens (tertiary/aromatic N) is 4. The van der Waals surface area contributed by atoms with E-state index in [1.807, 2.05) is 18.7 Å². The minimum absolute atomic E-state index is 0.0479. The Bertz CT molecular complexity index is 885. The van der Waals surface area contributed by atoms with Gasteiger partial charge in [0.1, 0.15) is 11.6 Å². The van der Waals surface area contributed by atoms with E-state index in [9.17, 15) is 4.79 Å². The van der Waals surface area contributed by atoms with Crippen LogP contribution in [0.25, 0.3) is 0 Å². The summed E-state index contributed by atoms with van der Waals surface area (Å²) < 4.78 is 0. The van der Waals surface area contributed by atoms with Crippen molar-refractivity contribution in [3.63, 3.8) is 0 Å². The molecule has 0 aliphatic carbocycles. The molecule has 0 saturated carbocycles. The lowest BCUT2D eigenvalue weighted by Gasteiger charge is -2.37. The maximum atomic E-state index is 12.4. The topological polar surface area (TPSA) is 49.3 Å². The molecule has 1 amide bonds. The third kappa shape index (κ3) is 5.00. The zero-order valence-corrected chi connectivity index (χ0v) is 19.4. The average Bonchev–Trinajstić information content (AvgIpc) is 2.74. The summed E-state index contributed by atoms with van der Waals surface area (Å²) in [6.45, 7) is 15.7. The van der Waals surface area contributed by atoms with Crippen LogP contribution in [0, 0.1) is 19.8 Å². The van der Waals surface area contributed by atoms with Crippen LogP contribution in [0.4, 0.5) is 5.82 Å². The summed E-state index contributed by atoms with van der Waals surface area (Å²) in [5, 5.41) is 0. The van der Waals surface area contributed by atoms with Gasteiger partial charge in [-0.1, -0.05) is 57.5 Å². The Morgan fingerprint density at radius 3 is 2.37 bits per heavy atom. The minimum Gasteiger partial charge on any atom is -0.353 e. The van der Waals surface area contributed by atoms with Gasteiger partial charge in [-0.3, -0.25) is 4.79 Å². The molecular formula is C25H36N4O. The highest BCUT2D eigenvalue weighted by molar-refractivity contribution is 5.78. The highest BCUT2D eigenvalue weighted by Crippen LogP contribution is 2.28. The summed E-state index contributed by atoms with van der Waals surface area (Å²) in [6.07, 6.45) is 1.85. The van der Waals surface area contributed by atoms with E-state index in [1.165, 1.54) is 16.7 Å². The average molecular weight is 409 g/mol. The molecule has 0 N–H and O–H groups in total. The minimum atomic E-state index is 0.0479. The molecule has 0 radical (unpaired) electrons. The molecule has 2 aromatic rings. The van der Waals surface area contributed by atoms with E-state index in [0.717, 1.165) is 56.4 Å². The summed E-state index contributed by atoms with van der Waals surface area (Å²) in [4.78, 5) is 26.7. The highest BCUT2D eigenvalue weighted by atomic mass is 16.2. The third-order valence-electron chi connectivity index (χ3n) is 6.11. The fraction of sp³-hybridized carbons (Fsp3) is 0.560. The molecule has 1 aromatic carbocycles. The Kier molecular flexibility index (Phi) is 7.11. The first-order chi connectivity index (χ1) is 14.3. The molecule has 1 saturated heterocycles. The molecule has 162 valence electrons. The molecule has 5 nitrogen and oxygen atoms in total. The number of aromatic nitrogens is 2. The van der Waals surface area contributed by atoms with Gasteiger partial charge in [-0.2, -0.15) is 0 Å². The predicted molar refractivity (Wildman–Crippen MR) is 123 cm³/mol. The van der Waals surface area contributed by atoms with Crippen LogP contribution in [0.1, 0.15) is 68.2 Å². The molecule has 1 unspecified atom stereocenters. The number of amides is 1. The first kappa shape index (κ1) is 22.3. The Hall–Kier alpha value is -2.43.